The minimum Gasteiger partial charge on any atom is -0.508 e. The van der Waals surface area contributed by atoms with Crippen molar-refractivity contribution in [1.29, 1.82) is 0 Å². The summed E-state index contributed by atoms with van der Waals surface area (Å²) in [6, 6.07) is 16.8. The van der Waals surface area contributed by atoms with Crippen LogP contribution in [0.1, 0.15) is 11.3 Å². The molecule has 5 heteroatoms. The number of hydrogen-bond donors (Lipinski definition) is 2. The smallest absolute Gasteiger partial charge is 0.328 e. The van der Waals surface area contributed by atoms with E-state index in [1.807, 2.05) is 49.5 Å². The normalized spacial score (nSPS) is 10.5. The van der Waals surface area contributed by atoms with Gasteiger partial charge in [-0.1, -0.05) is 42.5 Å². The molecule has 128 valence electrons. The number of nitrogens with zero attached hydrogens (tertiary/aromatic N) is 2. The van der Waals surface area contributed by atoms with Gasteiger partial charge in [0.25, 0.3) is 0 Å². The van der Waals surface area contributed by atoms with Crippen LogP contribution < -0.4 is 5.69 Å². The van der Waals surface area contributed by atoms with Crippen molar-refractivity contribution in [1.82, 2.24) is 14.1 Å². The quantitative estimate of drug-likeness (QED) is 0.771. The molecule has 2 aromatic carbocycles. The van der Waals surface area contributed by atoms with Crippen LogP contribution in [-0.4, -0.2) is 19.2 Å². The number of aryl methyl sites for hydroxylation is 2. The third-order valence-electron chi connectivity index (χ3n) is 4.06. The van der Waals surface area contributed by atoms with Gasteiger partial charge in [-0.3, -0.25) is 4.57 Å². The Bertz CT molecular complexity index is 980. The highest BCUT2D eigenvalue weighted by Crippen LogP contribution is 2.20. The Balaban J connectivity index is 2.12. The predicted molar refractivity (Wildman–Crippen MR) is 99.0 cm³/mol. The molecular weight excluding hydrogens is 314 g/mol. The lowest BCUT2D eigenvalue weighted by atomic mass is 10.1. The molecule has 3 aromatic rings. The molecular formula is C20H21N3O2. The van der Waals surface area contributed by atoms with Gasteiger partial charge in [0.1, 0.15) is 5.75 Å². The summed E-state index contributed by atoms with van der Waals surface area (Å²) < 4.78 is 3.27. The molecule has 0 aliphatic rings. The van der Waals surface area contributed by atoms with E-state index < -0.39 is 0 Å². The van der Waals surface area contributed by atoms with E-state index in [4.69, 9.17) is 0 Å². The minimum atomic E-state index is -0.114. The van der Waals surface area contributed by atoms with E-state index in [-0.39, 0.29) is 11.4 Å². The van der Waals surface area contributed by atoms with Gasteiger partial charge in [-0.15, -0.1) is 0 Å². The summed E-state index contributed by atoms with van der Waals surface area (Å²) in [7, 11) is 1.73. The van der Waals surface area contributed by atoms with E-state index in [0.717, 1.165) is 22.5 Å². The lowest BCUT2D eigenvalue weighted by molar-refractivity contribution is 0.475. The van der Waals surface area contributed by atoms with Gasteiger partial charge in [0.05, 0.1) is 12.2 Å². The molecule has 1 aromatic heterocycles. The maximum atomic E-state index is 12.8. The van der Waals surface area contributed by atoms with Gasteiger partial charge in [0.15, 0.2) is 0 Å². The molecule has 2 N–H and O–H groups in total. The zero-order chi connectivity index (χ0) is 17.8. The van der Waals surface area contributed by atoms with Crippen LogP contribution in [0.3, 0.4) is 0 Å². The maximum Gasteiger partial charge on any atom is 0.328 e. The zero-order valence-corrected chi connectivity index (χ0v) is 14.3. The molecule has 0 bridgehead atoms. The standard InChI is InChI=1S/C20H21N3O2/c1-15-12-21-19(17-9-6-10-18(24)11-17)14-22(2)20(25)23(15)13-16-7-4-3-5-8-16/h3-12,14,21,24H,13H2,1-2H3. The molecule has 0 radical (unpaired) electrons. The van der Waals surface area contributed by atoms with Crippen molar-refractivity contribution < 1.29 is 5.11 Å². The lowest BCUT2D eigenvalue weighted by Gasteiger charge is -2.11. The van der Waals surface area contributed by atoms with Crippen LogP contribution in [0, 0.1) is 6.92 Å². The SMILES string of the molecule is Cc1c[nH]c(-c2cccc(O)c2)cn(C)c(=O)n1Cc1ccccc1. The number of rotatable bonds is 3. The van der Waals surface area contributed by atoms with Crippen molar-refractivity contribution in [2.75, 3.05) is 0 Å². The highest BCUT2D eigenvalue weighted by atomic mass is 16.3. The Labute approximate surface area is 146 Å². The second-order valence-electron chi connectivity index (χ2n) is 5.99. The molecule has 3 rings (SSSR count). The molecule has 25 heavy (non-hydrogen) atoms. The molecule has 1 heterocycles. The highest BCUT2D eigenvalue weighted by molar-refractivity contribution is 5.59. The molecule has 0 aliphatic heterocycles. The van der Waals surface area contributed by atoms with Crippen molar-refractivity contribution in [3.05, 3.63) is 88.7 Å². The zero-order valence-electron chi connectivity index (χ0n) is 14.3. The minimum absolute atomic E-state index is 0.114. The summed E-state index contributed by atoms with van der Waals surface area (Å²) in [6.45, 7) is 2.40. The number of aromatic nitrogens is 3. The molecule has 0 amide bonds. The van der Waals surface area contributed by atoms with E-state index in [1.165, 1.54) is 0 Å². The number of nitrogens with one attached hydrogen (secondary N) is 1. The Hall–Kier alpha value is -3.21. The monoisotopic (exact) mass is 335 g/mol. The number of aromatic hydroxyl groups is 1. The van der Waals surface area contributed by atoms with Gasteiger partial charge in [-0.05, 0) is 24.6 Å². The molecule has 0 atom stereocenters. The molecule has 0 spiro atoms. The lowest BCUT2D eigenvalue weighted by Crippen LogP contribution is -2.29. The average molecular weight is 335 g/mol. The largest absolute Gasteiger partial charge is 0.508 e. The van der Waals surface area contributed by atoms with E-state index in [1.54, 1.807) is 40.6 Å². The third-order valence-corrected chi connectivity index (χ3v) is 4.06. The molecule has 0 aliphatic carbocycles. The number of H-pyrrole nitrogens is 1. The van der Waals surface area contributed by atoms with Gasteiger partial charge in [-0.2, -0.15) is 0 Å². The summed E-state index contributed by atoms with van der Waals surface area (Å²) >= 11 is 0. The molecule has 0 saturated carbocycles. The first-order valence-electron chi connectivity index (χ1n) is 8.07. The Morgan fingerprint density at radius 2 is 1.84 bits per heavy atom. The average Bonchev–Trinajstić information content (AvgIpc) is 2.62. The fourth-order valence-corrected chi connectivity index (χ4v) is 2.68. The van der Waals surface area contributed by atoms with Crippen LogP contribution in [-0.2, 0) is 13.6 Å². The van der Waals surface area contributed by atoms with Crippen molar-refractivity contribution >= 4 is 0 Å². The Kier molecular flexibility index (Phi) is 4.75. The first kappa shape index (κ1) is 16.6. The van der Waals surface area contributed by atoms with E-state index in [0.29, 0.717) is 6.54 Å². The fourth-order valence-electron chi connectivity index (χ4n) is 2.68. The number of phenols is 1. The second-order valence-corrected chi connectivity index (χ2v) is 5.99. The summed E-state index contributed by atoms with van der Waals surface area (Å²) in [4.78, 5) is 16.1. The fraction of sp³-hybridized carbons (Fsp3) is 0.150. The van der Waals surface area contributed by atoms with E-state index in [9.17, 15) is 9.90 Å². The van der Waals surface area contributed by atoms with E-state index in [2.05, 4.69) is 4.98 Å². The van der Waals surface area contributed by atoms with Gasteiger partial charge in [-0.25, -0.2) is 4.79 Å². The Morgan fingerprint density at radius 3 is 2.56 bits per heavy atom. The van der Waals surface area contributed by atoms with Crippen LogP contribution in [0.15, 0.2) is 71.8 Å². The van der Waals surface area contributed by atoms with Gasteiger partial charge in [0, 0.05) is 30.7 Å². The van der Waals surface area contributed by atoms with Crippen LogP contribution >= 0.6 is 0 Å². The maximum absolute atomic E-state index is 12.8. The van der Waals surface area contributed by atoms with Crippen LogP contribution in [0.25, 0.3) is 11.3 Å². The predicted octanol–water partition coefficient (Wildman–Crippen LogP) is 3.37. The molecule has 0 saturated heterocycles. The summed E-state index contributed by atoms with van der Waals surface area (Å²) in [5, 5.41) is 9.69. The van der Waals surface area contributed by atoms with Gasteiger partial charge < -0.3 is 14.7 Å². The topological polar surface area (TPSA) is 62.9 Å². The number of phenolic OH excluding ortho intramolecular Hbond substituents is 1. The number of benzene rings is 2. The third kappa shape index (κ3) is 3.83. The van der Waals surface area contributed by atoms with Crippen molar-refractivity contribution in [3.63, 3.8) is 0 Å². The van der Waals surface area contributed by atoms with E-state index >= 15 is 0 Å². The molecule has 0 unspecified atom stereocenters. The van der Waals surface area contributed by atoms with Crippen molar-refractivity contribution in [3.8, 4) is 17.0 Å². The number of aromatic amines is 1. The Morgan fingerprint density at radius 1 is 1.08 bits per heavy atom. The van der Waals surface area contributed by atoms with Gasteiger partial charge >= 0.3 is 5.69 Å². The van der Waals surface area contributed by atoms with Crippen LogP contribution in [0.2, 0.25) is 0 Å². The van der Waals surface area contributed by atoms with Crippen molar-refractivity contribution in [2.45, 2.75) is 13.5 Å². The second kappa shape index (κ2) is 7.13. The summed E-state index contributed by atoms with van der Waals surface area (Å²) in [5.41, 5.74) is 3.31. The first-order valence-corrected chi connectivity index (χ1v) is 8.07. The van der Waals surface area contributed by atoms with Crippen LogP contribution in [0.5, 0.6) is 5.75 Å². The highest BCUT2D eigenvalue weighted by Gasteiger charge is 2.04. The van der Waals surface area contributed by atoms with Crippen LogP contribution in [0.4, 0.5) is 0 Å². The molecule has 5 nitrogen and oxygen atoms in total. The summed E-state index contributed by atoms with van der Waals surface area (Å²) in [6.07, 6.45) is 3.54. The van der Waals surface area contributed by atoms with Crippen molar-refractivity contribution in [2.24, 2.45) is 7.05 Å². The van der Waals surface area contributed by atoms with Gasteiger partial charge in [0.2, 0.25) is 0 Å². The first-order chi connectivity index (χ1) is 12.0. The number of hydrogen-bond acceptors (Lipinski definition) is 2. The molecule has 0 fully saturated rings. The summed E-state index contributed by atoms with van der Waals surface area (Å²) in [5.74, 6) is 0.183.